The van der Waals surface area contributed by atoms with E-state index < -0.39 is 0 Å². The third kappa shape index (κ3) is 33.3. The molecule has 0 saturated heterocycles. The highest BCUT2D eigenvalue weighted by molar-refractivity contribution is 5.65. The molecule has 0 radical (unpaired) electrons. The summed E-state index contributed by atoms with van der Waals surface area (Å²) in [6.45, 7) is 11.0. The maximum atomic E-state index is 10.3. The molecular weight excluding hydrogens is 352 g/mol. The van der Waals surface area contributed by atoms with Crippen LogP contribution in [0, 0.1) is 0 Å². The highest BCUT2D eigenvalue weighted by Gasteiger charge is 1.93. The molecule has 1 N–H and O–H groups in total. The zero-order valence-corrected chi connectivity index (χ0v) is 17.7. The summed E-state index contributed by atoms with van der Waals surface area (Å²) in [5, 5.41) is 8.40. The zero-order chi connectivity index (χ0) is 20.4. The quantitative estimate of drug-likeness (QED) is 0.266. The van der Waals surface area contributed by atoms with Gasteiger partial charge in [0.25, 0.3) is 0 Å². The summed E-state index contributed by atoms with van der Waals surface area (Å²) in [5.41, 5.74) is 0. The monoisotopic (exact) mass is 394 g/mol. The van der Waals surface area contributed by atoms with E-state index in [-0.39, 0.29) is 12.6 Å². The van der Waals surface area contributed by atoms with Gasteiger partial charge in [0, 0.05) is 20.1 Å². The van der Waals surface area contributed by atoms with E-state index in [0.29, 0.717) is 46.2 Å². The largest absolute Gasteiger partial charge is 0.463 e. The van der Waals surface area contributed by atoms with Crippen molar-refractivity contribution in [1.82, 2.24) is 0 Å². The lowest BCUT2D eigenvalue weighted by molar-refractivity contribution is -0.142. The first-order chi connectivity index (χ1) is 13.2. The lowest BCUT2D eigenvalue weighted by atomic mass is 10.2. The highest BCUT2D eigenvalue weighted by Crippen LogP contribution is 1.98. The van der Waals surface area contributed by atoms with E-state index in [4.69, 9.17) is 24.1 Å². The zero-order valence-electron chi connectivity index (χ0n) is 17.7. The number of hydrogen-bond acceptors (Lipinski definition) is 7. The van der Waals surface area contributed by atoms with Crippen LogP contribution in [-0.4, -0.2) is 77.1 Å². The summed E-state index contributed by atoms with van der Waals surface area (Å²) in [5.74, 6) is -0.271. The third-order valence-electron chi connectivity index (χ3n) is 3.30. The normalized spacial score (nSPS) is 10.4. The molecule has 0 aliphatic heterocycles. The van der Waals surface area contributed by atoms with Gasteiger partial charge in [-0.05, 0) is 12.8 Å². The Bertz CT molecular complexity index is 265. The molecule has 0 aromatic heterocycles. The van der Waals surface area contributed by atoms with Crippen molar-refractivity contribution < 1.29 is 33.6 Å². The summed E-state index contributed by atoms with van der Waals surface area (Å²) in [6, 6.07) is 0. The van der Waals surface area contributed by atoms with Crippen LogP contribution in [-0.2, 0) is 28.5 Å². The second-order valence-corrected chi connectivity index (χ2v) is 5.93. The van der Waals surface area contributed by atoms with E-state index in [1.807, 2.05) is 0 Å². The fourth-order valence-corrected chi connectivity index (χ4v) is 1.83. The molecule has 0 heterocycles. The average molecular weight is 395 g/mol. The minimum absolute atomic E-state index is 0.0938. The molecule has 0 atom stereocenters. The van der Waals surface area contributed by atoms with E-state index in [1.54, 1.807) is 0 Å². The summed E-state index contributed by atoms with van der Waals surface area (Å²) < 4.78 is 25.5. The molecule has 7 heteroatoms. The topological polar surface area (TPSA) is 83.5 Å². The first kappa shape index (κ1) is 28.5. The number of unbranched alkanes of at least 4 members (excludes halogenated alkanes) is 4. The lowest BCUT2D eigenvalue weighted by Crippen LogP contribution is -2.11. The van der Waals surface area contributed by atoms with Crippen molar-refractivity contribution in [1.29, 1.82) is 0 Å². The Hall–Kier alpha value is -0.730. The molecule has 0 bridgehead atoms. The van der Waals surface area contributed by atoms with Gasteiger partial charge in [-0.1, -0.05) is 39.5 Å². The maximum absolute atomic E-state index is 10.3. The number of aliphatic hydroxyl groups is 1. The fraction of sp³-hybridized carbons (Fsp3) is 0.950. The van der Waals surface area contributed by atoms with Gasteiger partial charge in [0.05, 0.1) is 46.2 Å². The Morgan fingerprint density at radius 1 is 0.630 bits per heavy atom. The van der Waals surface area contributed by atoms with Crippen molar-refractivity contribution >= 4 is 5.97 Å². The first-order valence-electron chi connectivity index (χ1n) is 10.2. The fourth-order valence-electron chi connectivity index (χ4n) is 1.83. The van der Waals surface area contributed by atoms with Crippen molar-refractivity contribution in [3.8, 4) is 0 Å². The number of carbonyl (C=O) groups excluding carboxylic acids is 1. The summed E-state index contributed by atoms with van der Waals surface area (Å²) in [6.07, 6.45) is 7.20. The molecule has 0 unspecified atom stereocenters. The van der Waals surface area contributed by atoms with Gasteiger partial charge < -0.3 is 28.8 Å². The van der Waals surface area contributed by atoms with Crippen LogP contribution in [0.1, 0.15) is 59.3 Å². The molecule has 27 heavy (non-hydrogen) atoms. The molecule has 0 saturated carbocycles. The number of ether oxygens (including phenoxy) is 5. The van der Waals surface area contributed by atoms with Crippen molar-refractivity contribution in [3.05, 3.63) is 0 Å². The van der Waals surface area contributed by atoms with Crippen LogP contribution in [0.5, 0.6) is 0 Å². The van der Waals surface area contributed by atoms with E-state index in [9.17, 15) is 4.79 Å². The summed E-state index contributed by atoms with van der Waals surface area (Å²) in [7, 11) is 0. The van der Waals surface area contributed by atoms with Crippen LogP contribution >= 0.6 is 0 Å². The predicted molar refractivity (Wildman–Crippen MR) is 106 cm³/mol. The van der Waals surface area contributed by atoms with Gasteiger partial charge >= 0.3 is 5.97 Å². The Labute approximate surface area is 165 Å². The number of aliphatic hydroxyl groups excluding tert-OH is 1. The number of carbonyl (C=O) groups is 1. The Morgan fingerprint density at radius 2 is 1.11 bits per heavy atom. The van der Waals surface area contributed by atoms with E-state index in [1.165, 1.54) is 26.2 Å². The van der Waals surface area contributed by atoms with Crippen LogP contribution in [0.15, 0.2) is 0 Å². The smallest absolute Gasteiger partial charge is 0.302 e. The van der Waals surface area contributed by atoms with Gasteiger partial charge in [-0.25, -0.2) is 0 Å². The molecule has 0 aliphatic rings. The van der Waals surface area contributed by atoms with Gasteiger partial charge in [0.1, 0.15) is 6.61 Å². The molecule has 7 nitrogen and oxygen atoms in total. The standard InChI is InChI=1S/C10H20O4.C10H22O3/c1-3-4-5-12-6-7-13-8-9-14-10(2)11;1-2-3-4-5-7-12-9-10-13-8-6-11/h3-9H2,1-2H3;11H,2-10H2,1H3. The van der Waals surface area contributed by atoms with Crippen molar-refractivity contribution in [2.45, 2.75) is 59.3 Å². The summed E-state index contributed by atoms with van der Waals surface area (Å²) >= 11 is 0. The minimum Gasteiger partial charge on any atom is -0.463 e. The van der Waals surface area contributed by atoms with E-state index in [2.05, 4.69) is 18.6 Å². The molecule has 0 fully saturated rings. The van der Waals surface area contributed by atoms with Crippen molar-refractivity contribution in [2.75, 3.05) is 66.1 Å². The van der Waals surface area contributed by atoms with Crippen molar-refractivity contribution in [2.24, 2.45) is 0 Å². The Morgan fingerprint density at radius 3 is 1.63 bits per heavy atom. The first-order valence-corrected chi connectivity index (χ1v) is 10.2. The molecular formula is C20H42O7. The van der Waals surface area contributed by atoms with E-state index >= 15 is 0 Å². The molecule has 0 aromatic carbocycles. The maximum Gasteiger partial charge on any atom is 0.302 e. The molecule has 0 aliphatic carbocycles. The van der Waals surface area contributed by atoms with Crippen LogP contribution in [0.4, 0.5) is 0 Å². The van der Waals surface area contributed by atoms with Crippen LogP contribution in [0.25, 0.3) is 0 Å². The molecule has 0 rings (SSSR count). The predicted octanol–water partition coefficient (Wildman–Crippen LogP) is 2.98. The van der Waals surface area contributed by atoms with Gasteiger partial charge in [0.15, 0.2) is 0 Å². The molecule has 0 amide bonds. The molecule has 0 aromatic rings. The second-order valence-electron chi connectivity index (χ2n) is 5.93. The number of rotatable bonds is 19. The van der Waals surface area contributed by atoms with Crippen LogP contribution < -0.4 is 0 Å². The van der Waals surface area contributed by atoms with Gasteiger partial charge in [-0.3, -0.25) is 4.79 Å². The average Bonchev–Trinajstić information content (AvgIpc) is 2.66. The Kier molecular flexibility index (Phi) is 29.0. The second kappa shape index (κ2) is 27.5. The SMILES string of the molecule is CCCCCCOCCOCCO.CCCCOCCOCCOC(C)=O. The van der Waals surface area contributed by atoms with Gasteiger partial charge in [0.2, 0.25) is 0 Å². The number of esters is 1. The third-order valence-corrected chi connectivity index (χ3v) is 3.30. The Balaban J connectivity index is 0. The van der Waals surface area contributed by atoms with Crippen LogP contribution in [0.3, 0.4) is 0 Å². The number of hydrogen-bond donors (Lipinski definition) is 1. The minimum atomic E-state index is -0.271. The van der Waals surface area contributed by atoms with Crippen molar-refractivity contribution in [3.63, 3.8) is 0 Å². The molecule has 0 spiro atoms. The molecule has 164 valence electrons. The summed E-state index contributed by atoms with van der Waals surface area (Å²) in [4.78, 5) is 10.3. The van der Waals surface area contributed by atoms with Crippen LogP contribution in [0.2, 0.25) is 0 Å². The van der Waals surface area contributed by atoms with Gasteiger partial charge in [-0.15, -0.1) is 0 Å². The van der Waals surface area contributed by atoms with E-state index in [0.717, 1.165) is 32.5 Å². The van der Waals surface area contributed by atoms with Gasteiger partial charge in [-0.2, -0.15) is 0 Å². The lowest BCUT2D eigenvalue weighted by Gasteiger charge is -2.05. The highest BCUT2D eigenvalue weighted by atomic mass is 16.6.